The third-order valence-electron chi connectivity index (χ3n) is 3.63. The van der Waals surface area contributed by atoms with E-state index in [2.05, 4.69) is 37.2 Å². The maximum atomic E-state index is 5.90. The summed E-state index contributed by atoms with van der Waals surface area (Å²) < 4.78 is 17.7. The highest BCUT2D eigenvalue weighted by atomic mass is 28.4. The van der Waals surface area contributed by atoms with E-state index >= 15 is 0 Å². The summed E-state index contributed by atoms with van der Waals surface area (Å²) in [6.45, 7) is 14.1. The van der Waals surface area contributed by atoms with Crippen LogP contribution in [0.25, 0.3) is 0 Å². The molecule has 0 aromatic heterocycles. The molecule has 0 spiro atoms. The molecule has 0 fully saturated rings. The Labute approximate surface area is 148 Å². The molecule has 0 heterocycles. The van der Waals surface area contributed by atoms with Crippen molar-refractivity contribution in [2.24, 2.45) is 0 Å². The van der Waals surface area contributed by atoms with Crippen LogP contribution in [0.3, 0.4) is 0 Å². The van der Waals surface area contributed by atoms with Gasteiger partial charge in [-0.3, -0.25) is 30.0 Å². The molecule has 0 aromatic rings. The van der Waals surface area contributed by atoms with Gasteiger partial charge in [0.15, 0.2) is 0 Å². The molecule has 140 valence electrons. The van der Waals surface area contributed by atoms with Gasteiger partial charge in [-0.25, -0.2) is 0 Å². The predicted molar refractivity (Wildman–Crippen MR) is 101 cm³/mol. The minimum atomic E-state index is -3.01. The van der Waals surface area contributed by atoms with Crippen molar-refractivity contribution < 1.29 is 13.6 Å². The van der Waals surface area contributed by atoms with Gasteiger partial charge < -0.3 is 0 Å². The topological polar surface area (TPSA) is 63.8 Å². The van der Waals surface area contributed by atoms with Crippen LogP contribution < -0.4 is 16.4 Å². The molecular formula is C17H35N3O3Si. The first-order valence-corrected chi connectivity index (χ1v) is 10.7. The van der Waals surface area contributed by atoms with Gasteiger partial charge in [0.25, 0.3) is 0 Å². The van der Waals surface area contributed by atoms with E-state index in [1.165, 1.54) is 0 Å². The minimum absolute atomic E-state index is 0.599. The Morgan fingerprint density at radius 3 is 1.12 bits per heavy atom. The number of hydrogen-bond donors (Lipinski definition) is 3. The molecule has 24 heavy (non-hydrogen) atoms. The smallest absolute Gasteiger partial charge is 0.278 e. The minimum Gasteiger partial charge on any atom is -0.278 e. The first-order valence-electron chi connectivity index (χ1n) is 8.82. The van der Waals surface area contributed by atoms with Gasteiger partial charge in [-0.1, -0.05) is 45.9 Å². The Bertz CT molecular complexity index is 377. The van der Waals surface area contributed by atoms with E-state index in [1.807, 2.05) is 45.9 Å². The van der Waals surface area contributed by atoms with Gasteiger partial charge >= 0.3 is 8.80 Å². The van der Waals surface area contributed by atoms with E-state index < -0.39 is 8.80 Å². The molecule has 0 aromatic carbocycles. The molecular weight excluding hydrogens is 322 g/mol. The highest BCUT2D eigenvalue weighted by Crippen LogP contribution is 2.15. The fourth-order valence-corrected chi connectivity index (χ4v) is 3.13. The third-order valence-corrected chi connectivity index (χ3v) is 5.74. The molecule has 0 atom stereocenters. The summed E-state index contributed by atoms with van der Waals surface area (Å²) in [5.74, 6) is 0. The molecule has 3 N–H and O–H groups in total. The Balaban J connectivity index is 5.11. The van der Waals surface area contributed by atoms with Gasteiger partial charge in [-0.2, -0.15) is 0 Å². The van der Waals surface area contributed by atoms with Crippen molar-refractivity contribution in [1.82, 2.24) is 16.4 Å². The van der Waals surface area contributed by atoms with Crippen molar-refractivity contribution >= 4 is 8.80 Å². The molecule has 0 radical (unpaired) electrons. The largest absolute Gasteiger partial charge is 0.566 e. The molecule has 0 aliphatic rings. The zero-order valence-corrected chi connectivity index (χ0v) is 17.3. The highest BCUT2D eigenvalue weighted by Gasteiger charge is 2.43. The average molecular weight is 358 g/mol. The number of hydrogen-bond acceptors (Lipinski definition) is 6. The summed E-state index contributed by atoms with van der Waals surface area (Å²) in [5.41, 5.74) is 11.9. The second kappa shape index (κ2) is 13.1. The van der Waals surface area contributed by atoms with Gasteiger partial charge in [0, 0.05) is 23.1 Å². The monoisotopic (exact) mass is 357 g/mol. The van der Waals surface area contributed by atoms with Crippen LogP contribution in [0.2, 0.25) is 6.04 Å². The molecule has 0 bridgehead atoms. The van der Waals surface area contributed by atoms with E-state index in [1.54, 1.807) is 0 Å². The number of nitrogens with one attached hydrogen (secondary N) is 3. The van der Waals surface area contributed by atoms with Crippen LogP contribution in [0.5, 0.6) is 0 Å². The van der Waals surface area contributed by atoms with Crippen molar-refractivity contribution in [2.45, 2.75) is 73.8 Å². The van der Waals surface area contributed by atoms with Gasteiger partial charge in [-0.15, -0.1) is 0 Å². The van der Waals surface area contributed by atoms with Crippen LogP contribution in [0.1, 0.15) is 67.7 Å². The predicted octanol–water partition coefficient (Wildman–Crippen LogP) is 4.45. The maximum absolute atomic E-state index is 5.90. The Morgan fingerprint density at radius 1 is 0.667 bits per heavy atom. The quantitative estimate of drug-likeness (QED) is 0.334. The number of hydroxylamine groups is 3. The van der Waals surface area contributed by atoms with Crippen molar-refractivity contribution in [3.05, 3.63) is 35.3 Å². The summed E-state index contributed by atoms with van der Waals surface area (Å²) in [4.78, 5) is 0. The van der Waals surface area contributed by atoms with E-state index in [4.69, 9.17) is 13.6 Å². The van der Waals surface area contributed by atoms with Gasteiger partial charge in [-0.05, 0) is 40.0 Å². The molecule has 0 saturated heterocycles. The third kappa shape index (κ3) is 8.01. The molecule has 0 saturated carbocycles. The van der Waals surface area contributed by atoms with Gasteiger partial charge in [0.2, 0.25) is 0 Å². The average Bonchev–Trinajstić information content (AvgIpc) is 2.63. The van der Waals surface area contributed by atoms with Gasteiger partial charge in [0.05, 0.1) is 0 Å². The van der Waals surface area contributed by atoms with Crippen LogP contribution in [-0.4, -0.2) is 8.80 Å². The standard InChI is InChI=1S/C17H35N3O3Si/c1-8-15(9-2)18-21-24(14-7,22-19-16(10-3)11-4)23-20-17(12-5)13-6/h8,10,12,18-20H,9,11,13-14H2,1-7H3. The lowest BCUT2D eigenvalue weighted by Gasteiger charge is -2.29. The fraction of sp³-hybridized carbons (Fsp3) is 0.647. The van der Waals surface area contributed by atoms with E-state index in [-0.39, 0.29) is 0 Å². The Hall–Kier alpha value is -1.28. The van der Waals surface area contributed by atoms with Crippen molar-refractivity contribution in [3.8, 4) is 0 Å². The zero-order chi connectivity index (χ0) is 18.4. The molecule has 0 rings (SSSR count). The molecule has 0 unspecified atom stereocenters. The van der Waals surface area contributed by atoms with Crippen LogP contribution in [0, 0.1) is 0 Å². The van der Waals surface area contributed by atoms with Crippen molar-refractivity contribution in [2.75, 3.05) is 0 Å². The molecule has 7 heteroatoms. The first-order chi connectivity index (χ1) is 11.5. The van der Waals surface area contributed by atoms with Crippen molar-refractivity contribution in [1.29, 1.82) is 0 Å². The normalized spacial score (nSPS) is 15.9. The SMILES string of the molecule is CC=C(CC)NO[Si](CC)(ONC(=CC)CC)ONC(=CC)CC. The first kappa shape index (κ1) is 22.7. The maximum Gasteiger partial charge on any atom is 0.566 e. The summed E-state index contributed by atoms with van der Waals surface area (Å²) >= 11 is 0. The number of rotatable bonds is 13. The lowest BCUT2D eigenvalue weighted by Crippen LogP contribution is -2.54. The fourth-order valence-electron chi connectivity index (χ4n) is 1.71. The Kier molecular flexibility index (Phi) is 12.4. The highest BCUT2D eigenvalue weighted by molar-refractivity contribution is 6.60. The summed E-state index contributed by atoms with van der Waals surface area (Å²) in [6, 6.07) is 0.599. The van der Waals surface area contributed by atoms with Crippen LogP contribution in [-0.2, 0) is 13.6 Å². The van der Waals surface area contributed by atoms with Crippen LogP contribution >= 0.6 is 0 Å². The molecule has 6 nitrogen and oxygen atoms in total. The van der Waals surface area contributed by atoms with Gasteiger partial charge in [0.1, 0.15) is 0 Å². The zero-order valence-electron chi connectivity index (χ0n) is 16.3. The second-order valence-electron chi connectivity index (χ2n) is 5.15. The second-order valence-corrected chi connectivity index (χ2v) is 7.84. The summed E-state index contributed by atoms with van der Waals surface area (Å²) in [6.07, 6.45) is 8.45. The van der Waals surface area contributed by atoms with E-state index in [0.717, 1.165) is 36.4 Å². The van der Waals surface area contributed by atoms with E-state index in [9.17, 15) is 0 Å². The molecule has 0 aliphatic heterocycles. The van der Waals surface area contributed by atoms with Crippen LogP contribution in [0.15, 0.2) is 35.3 Å². The summed E-state index contributed by atoms with van der Waals surface area (Å²) in [7, 11) is -3.01. The lowest BCUT2D eigenvalue weighted by atomic mass is 10.3. The van der Waals surface area contributed by atoms with Crippen LogP contribution in [0.4, 0.5) is 0 Å². The summed E-state index contributed by atoms with van der Waals surface area (Å²) in [5, 5.41) is 0. The molecule has 0 aliphatic carbocycles. The Morgan fingerprint density at radius 2 is 0.958 bits per heavy atom. The molecule has 0 amide bonds. The lowest BCUT2D eigenvalue weighted by molar-refractivity contribution is -0.0172. The van der Waals surface area contributed by atoms with E-state index in [0.29, 0.717) is 6.04 Å². The number of allylic oxidation sites excluding steroid dienone is 6. The van der Waals surface area contributed by atoms with Crippen molar-refractivity contribution in [3.63, 3.8) is 0 Å².